The van der Waals surface area contributed by atoms with E-state index in [-0.39, 0.29) is 12.2 Å². The lowest BCUT2D eigenvalue weighted by atomic mass is 10.2. The molecule has 0 aliphatic rings. The van der Waals surface area contributed by atoms with Crippen molar-refractivity contribution < 1.29 is 28.3 Å². The highest BCUT2D eigenvalue weighted by Crippen LogP contribution is 2.18. The van der Waals surface area contributed by atoms with Gasteiger partial charge in [0.1, 0.15) is 18.1 Å². The normalized spacial score (nSPS) is 11.4. The molecule has 0 spiro atoms. The van der Waals surface area contributed by atoms with Crippen LogP contribution in [0.25, 0.3) is 0 Å². The van der Waals surface area contributed by atoms with Gasteiger partial charge < -0.3 is 24.1 Å². The number of aromatic nitrogens is 2. The number of carbonyl (C=O) groups excluding carboxylic acids is 2. The van der Waals surface area contributed by atoms with Crippen molar-refractivity contribution in [2.45, 2.75) is 33.2 Å². The van der Waals surface area contributed by atoms with E-state index in [1.54, 1.807) is 55.5 Å². The summed E-state index contributed by atoms with van der Waals surface area (Å²) < 4.78 is 21.5. The van der Waals surface area contributed by atoms with Crippen LogP contribution in [0.15, 0.2) is 83.4 Å². The highest BCUT2D eigenvalue weighted by Gasteiger charge is 2.19. The average Bonchev–Trinajstić information content (AvgIpc) is 3.32. The number of rotatable bonds is 10. The van der Waals surface area contributed by atoms with Gasteiger partial charge in [-0.3, -0.25) is 4.79 Å². The zero-order chi connectivity index (χ0) is 25.3. The first kappa shape index (κ1) is 24.5. The fraction of sp³-hybridized carbons (Fsp3) is 0.185. The van der Waals surface area contributed by atoms with Crippen molar-refractivity contribution in [1.82, 2.24) is 10.1 Å². The van der Waals surface area contributed by atoms with Crippen LogP contribution in [-0.2, 0) is 22.7 Å². The van der Waals surface area contributed by atoms with Crippen LogP contribution < -0.4 is 14.8 Å². The molecular weight excluding hydrogens is 462 g/mol. The van der Waals surface area contributed by atoms with E-state index in [9.17, 15) is 9.59 Å². The van der Waals surface area contributed by atoms with Crippen molar-refractivity contribution in [2.24, 2.45) is 0 Å². The van der Waals surface area contributed by atoms with Crippen LogP contribution in [-0.4, -0.2) is 28.1 Å². The Hall–Kier alpha value is -4.66. The van der Waals surface area contributed by atoms with Crippen LogP contribution in [0, 0.1) is 6.92 Å². The van der Waals surface area contributed by atoms with E-state index in [1.165, 1.54) is 6.92 Å². The summed E-state index contributed by atoms with van der Waals surface area (Å²) in [6.45, 7) is 3.79. The van der Waals surface area contributed by atoms with Crippen molar-refractivity contribution in [1.29, 1.82) is 0 Å². The van der Waals surface area contributed by atoms with Crippen molar-refractivity contribution in [3.05, 3.63) is 102 Å². The minimum Gasteiger partial charge on any atom is -0.489 e. The molecule has 4 rings (SSSR count). The fourth-order valence-electron chi connectivity index (χ4n) is 3.14. The molecular formula is C27H25N3O6. The highest BCUT2D eigenvalue weighted by atomic mass is 16.5. The molecule has 184 valence electrons. The number of esters is 1. The molecule has 0 radical (unpaired) electrons. The van der Waals surface area contributed by atoms with Gasteiger partial charge in [0, 0.05) is 12.6 Å². The Balaban J connectivity index is 1.23. The lowest BCUT2D eigenvalue weighted by Gasteiger charge is -2.14. The van der Waals surface area contributed by atoms with Gasteiger partial charge in [-0.05, 0) is 61.0 Å². The van der Waals surface area contributed by atoms with Crippen LogP contribution in [0.2, 0.25) is 0 Å². The monoisotopic (exact) mass is 487 g/mol. The summed E-state index contributed by atoms with van der Waals surface area (Å²) in [4.78, 5) is 29.0. The van der Waals surface area contributed by atoms with Gasteiger partial charge >= 0.3 is 5.97 Å². The summed E-state index contributed by atoms with van der Waals surface area (Å²) in [5.74, 6) is 1.01. The number of nitrogens with one attached hydrogen (secondary N) is 1. The number of ether oxygens (including phenoxy) is 3. The second kappa shape index (κ2) is 11.7. The minimum absolute atomic E-state index is 0.137. The fourth-order valence-corrected chi connectivity index (χ4v) is 3.14. The quantitative estimate of drug-likeness (QED) is 0.320. The third kappa shape index (κ3) is 6.92. The van der Waals surface area contributed by atoms with E-state index in [0.29, 0.717) is 35.5 Å². The highest BCUT2D eigenvalue weighted by molar-refractivity contribution is 5.97. The van der Waals surface area contributed by atoms with E-state index in [1.807, 2.05) is 30.3 Å². The summed E-state index contributed by atoms with van der Waals surface area (Å²) in [5.41, 5.74) is 1.91. The number of hydrogen-bond acceptors (Lipinski definition) is 8. The molecule has 1 atom stereocenters. The van der Waals surface area contributed by atoms with E-state index in [0.717, 1.165) is 5.56 Å². The van der Waals surface area contributed by atoms with Crippen LogP contribution in [0.4, 0.5) is 5.69 Å². The molecule has 1 heterocycles. The Morgan fingerprint density at radius 1 is 0.889 bits per heavy atom. The summed E-state index contributed by atoms with van der Waals surface area (Å²) in [6, 6.07) is 23.1. The molecule has 3 aromatic carbocycles. The molecule has 0 fully saturated rings. The van der Waals surface area contributed by atoms with Gasteiger partial charge in [-0.25, -0.2) is 4.79 Å². The predicted octanol–water partition coefficient (Wildman–Crippen LogP) is 4.72. The molecule has 1 amide bonds. The van der Waals surface area contributed by atoms with Gasteiger partial charge in [0.15, 0.2) is 12.7 Å². The number of carbonyl (C=O) groups is 2. The summed E-state index contributed by atoms with van der Waals surface area (Å²) in [6.07, 6.45) is -0.996. The van der Waals surface area contributed by atoms with Crippen molar-refractivity contribution in [2.75, 3.05) is 5.32 Å². The van der Waals surface area contributed by atoms with Gasteiger partial charge in [-0.15, -0.1) is 0 Å². The van der Waals surface area contributed by atoms with Gasteiger partial charge in [0.25, 0.3) is 5.91 Å². The Labute approximate surface area is 208 Å². The molecule has 9 nitrogen and oxygen atoms in total. The van der Waals surface area contributed by atoms with Crippen LogP contribution in [0.5, 0.6) is 11.5 Å². The first-order valence-electron chi connectivity index (χ1n) is 11.3. The standard InChI is InChI=1S/C27H25N3O6/c1-18(26(31)29-22-10-14-24(15-11-22)33-16-20-6-4-3-5-7-20)35-27(32)21-8-12-23(13-9-21)34-17-25-28-19(2)36-30-25/h3-15,18H,16-17H2,1-2H3,(H,29,31). The number of aryl methyl sites for hydroxylation is 1. The van der Waals surface area contributed by atoms with Gasteiger partial charge in [0.05, 0.1) is 5.56 Å². The second-order valence-electron chi connectivity index (χ2n) is 7.88. The molecule has 0 bridgehead atoms. The molecule has 1 aromatic heterocycles. The Kier molecular flexibility index (Phi) is 7.92. The van der Waals surface area contributed by atoms with Gasteiger partial charge in [-0.2, -0.15) is 4.98 Å². The minimum atomic E-state index is -0.996. The maximum Gasteiger partial charge on any atom is 0.338 e. The lowest BCUT2D eigenvalue weighted by Crippen LogP contribution is -2.30. The maximum absolute atomic E-state index is 12.5. The number of amides is 1. The third-order valence-electron chi connectivity index (χ3n) is 5.05. The number of hydrogen-bond donors (Lipinski definition) is 1. The number of anilines is 1. The molecule has 0 aliphatic heterocycles. The van der Waals surface area contributed by atoms with Gasteiger partial charge in [0.2, 0.25) is 11.7 Å². The van der Waals surface area contributed by atoms with Crippen molar-refractivity contribution in [3.8, 4) is 11.5 Å². The molecule has 0 saturated carbocycles. The van der Waals surface area contributed by atoms with E-state index in [4.69, 9.17) is 18.7 Å². The Morgan fingerprint density at radius 3 is 2.17 bits per heavy atom. The number of benzene rings is 3. The van der Waals surface area contributed by atoms with E-state index >= 15 is 0 Å². The molecule has 36 heavy (non-hydrogen) atoms. The van der Waals surface area contributed by atoms with E-state index < -0.39 is 18.0 Å². The third-order valence-corrected chi connectivity index (χ3v) is 5.05. The topological polar surface area (TPSA) is 113 Å². The van der Waals surface area contributed by atoms with Crippen LogP contribution >= 0.6 is 0 Å². The van der Waals surface area contributed by atoms with Crippen LogP contribution in [0.3, 0.4) is 0 Å². The van der Waals surface area contributed by atoms with Gasteiger partial charge in [-0.1, -0.05) is 35.5 Å². The van der Waals surface area contributed by atoms with Crippen molar-refractivity contribution >= 4 is 17.6 Å². The Morgan fingerprint density at radius 2 is 1.53 bits per heavy atom. The first-order chi connectivity index (χ1) is 17.5. The lowest BCUT2D eigenvalue weighted by molar-refractivity contribution is -0.123. The van der Waals surface area contributed by atoms with Crippen molar-refractivity contribution in [3.63, 3.8) is 0 Å². The maximum atomic E-state index is 12.5. The predicted molar refractivity (Wildman–Crippen MR) is 131 cm³/mol. The molecule has 1 N–H and O–H groups in total. The SMILES string of the molecule is Cc1nc(COc2ccc(C(=O)OC(C)C(=O)Nc3ccc(OCc4ccccc4)cc3)cc2)no1. The summed E-state index contributed by atoms with van der Waals surface area (Å²) >= 11 is 0. The second-order valence-corrected chi connectivity index (χ2v) is 7.88. The largest absolute Gasteiger partial charge is 0.489 e. The first-order valence-corrected chi connectivity index (χ1v) is 11.3. The smallest absolute Gasteiger partial charge is 0.338 e. The van der Waals surface area contributed by atoms with E-state index in [2.05, 4.69) is 15.5 Å². The molecule has 1 unspecified atom stereocenters. The molecule has 9 heteroatoms. The number of nitrogens with zero attached hydrogens (tertiary/aromatic N) is 2. The Bertz CT molecular complexity index is 1290. The molecule has 0 saturated heterocycles. The summed E-state index contributed by atoms with van der Waals surface area (Å²) in [7, 11) is 0. The summed E-state index contributed by atoms with van der Waals surface area (Å²) in [5, 5.41) is 6.48. The average molecular weight is 488 g/mol. The van der Waals surface area contributed by atoms with Crippen LogP contribution in [0.1, 0.15) is 34.6 Å². The zero-order valence-corrected chi connectivity index (χ0v) is 19.8. The molecule has 4 aromatic rings. The zero-order valence-electron chi connectivity index (χ0n) is 19.8. The molecule has 0 aliphatic carbocycles.